The van der Waals surface area contributed by atoms with Gasteiger partial charge in [0.05, 0.1) is 17.9 Å². The lowest BCUT2D eigenvalue weighted by molar-refractivity contribution is 0.121. The van der Waals surface area contributed by atoms with E-state index in [4.69, 9.17) is 11.6 Å². The van der Waals surface area contributed by atoms with Crippen molar-refractivity contribution in [1.82, 2.24) is 15.1 Å². The summed E-state index contributed by atoms with van der Waals surface area (Å²) in [5, 5.41) is 12.7. The van der Waals surface area contributed by atoms with Gasteiger partial charge in [-0.3, -0.25) is 10.3 Å². The first-order valence-electron chi connectivity index (χ1n) is 10.4. The molecule has 32 heavy (non-hydrogen) atoms. The quantitative estimate of drug-likeness (QED) is 0.203. The molecule has 1 fully saturated rings. The van der Waals surface area contributed by atoms with Crippen LogP contribution in [0.25, 0.3) is 0 Å². The molecule has 1 unspecified atom stereocenters. The molecule has 1 N–H and O–H groups in total. The second-order valence-electron chi connectivity index (χ2n) is 7.57. The van der Waals surface area contributed by atoms with Crippen LogP contribution in [0, 0.1) is 17.4 Å². The van der Waals surface area contributed by atoms with Crippen LogP contribution in [0.15, 0.2) is 76.6 Å². The van der Waals surface area contributed by atoms with Gasteiger partial charge in [-0.1, -0.05) is 44.2 Å². The van der Waals surface area contributed by atoms with Crippen molar-refractivity contribution in [2.24, 2.45) is 20.9 Å². The number of nitrogens with zero attached hydrogens (tertiary/aromatic N) is 6. The standard InChI is InChI=1S/C24H30ClN7/c1-6-9-20(7-2)28-15-23(27-5)31-12-13-32(22(16-31)18(3)4)24(29-17-26)30-21-11-8-10-19(25)14-21/h6-8,10-11,14-15,18,22H,1-2,5,9,12-13,16H2,3-4H3,(H,29,30)/b23-15+,28-20?. The molecule has 1 aromatic carbocycles. The highest BCUT2D eigenvalue weighted by Crippen LogP contribution is 2.23. The molecule has 1 atom stereocenters. The highest BCUT2D eigenvalue weighted by Gasteiger charge is 2.32. The maximum atomic E-state index is 9.32. The van der Waals surface area contributed by atoms with E-state index in [9.17, 15) is 5.26 Å². The average Bonchev–Trinajstić information content (AvgIpc) is 2.78. The number of halogens is 1. The van der Waals surface area contributed by atoms with E-state index in [2.05, 4.69) is 63.8 Å². The topological polar surface area (TPSA) is 79.4 Å². The summed E-state index contributed by atoms with van der Waals surface area (Å²) in [5.74, 6) is 1.49. The molecule has 0 aliphatic carbocycles. The zero-order valence-electron chi connectivity index (χ0n) is 18.7. The Morgan fingerprint density at radius 1 is 1.38 bits per heavy atom. The van der Waals surface area contributed by atoms with Gasteiger partial charge < -0.3 is 9.80 Å². The summed E-state index contributed by atoms with van der Waals surface area (Å²) in [4.78, 5) is 17.6. The monoisotopic (exact) mass is 451 g/mol. The van der Waals surface area contributed by atoms with Gasteiger partial charge in [0, 0.05) is 36.8 Å². The Bertz CT molecular complexity index is 955. The molecule has 1 aliphatic rings. The number of hydrogen-bond acceptors (Lipinski definition) is 5. The molecular weight excluding hydrogens is 422 g/mol. The van der Waals surface area contributed by atoms with E-state index in [0.29, 0.717) is 54.5 Å². The van der Waals surface area contributed by atoms with Crippen LogP contribution in [-0.4, -0.2) is 53.9 Å². The first-order valence-corrected chi connectivity index (χ1v) is 10.8. The molecule has 1 aliphatic heterocycles. The molecule has 1 saturated heterocycles. The number of guanidine groups is 1. The fourth-order valence-corrected chi connectivity index (χ4v) is 3.62. The van der Waals surface area contributed by atoms with Crippen molar-refractivity contribution in [1.29, 1.82) is 5.26 Å². The molecule has 0 radical (unpaired) electrons. The molecule has 1 aromatic rings. The van der Waals surface area contributed by atoms with Gasteiger partial charge in [0.15, 0.2) is 6.19 Å². The zero-order valence-corrected chi connectivity index (χ0v) is 19.5. The van der Waals surface area contributed by atoms with E-state index < -0.39 is 0 Å². The minimum absolute atomic E-state index is 0.0868. The third-order valence-electron chi connectivity index (χ3n) is 5.09. The van der Waals surface area contributed by atoms with Gasteiger partial charge in [0.2, 0.25) is 5.96 Å². The lowest BCUT2D eigenvalue weighted by atomic mass is 10.00. The Hall–Kier alpha value is -3.37. The van der Waals surface area contributed by atoms with E-state index in [1.807, 2.05) is 18.3 Å². The Morgan fingerprint density at radius 3 is 2.75 bits per heavy atom. The second-order valence-corrected chi connectivity index (χ2v) is 8.00. The summed E-state index contributed by atoms with van der Waals surface area (Å²) in [6.45, 7) is 17.6. The first-order chi connectivity index (χ1) is 15.4. The van der Waals surface area contributed by atoms with Gasteiger partial charge in [0.1, 0.15) is 5.82 Å². The molecular formula is C24H30ClN7. The fraction of sp³-hybridized carbons (Fsp3) is 0.333. The number of nitriles is 1. The predicted molar refractivity (Wildman–Crippen MR) is 134 cm³/mol. The molecule has 0 spiro atoms. The van der Waals surface area contributed by atoms with Crippen LogP contribution in [0.4, 0.5) is 5.69 Å². The Labute approximate surface area is 195 Å². The summed E-state index contributed by atoms with van der Waals surface area (Å²) >= 11 is 6.10. The van der Waals surface area contributed by atoms with Crippen molar-refractivity contribution in [3.8, 4) is 6.19 Å². The highest BCUT2D eigenvalue weighted by atomic mass is 35.5. The number of benzene rings is 1. The predicted octanol–water partition coefficient (Wildman–Crippen LogP) is 4.74. The normalized spacial score (nSPS) is 17.7. The van der Waals surface area contributed by atoms with E-state index >= 15 is 0 Å². The minimum Gasteiger partial charge on any atom is -0.352 e. The Kier molecular flexibility index (Phi) is 9.71. The van der Waals surface area contributed by atoms with Gasteiger partial charge in [-0.2, -0.15) is 5.26 Å². The van der Waals surface area contributed by atoms with Gasteiger partial charge >= 0.3 is 0 Å². The van der Waals surface area contributed by atoms with Crippen molar-refractivity contribution < 1.29 is 0 Å². The van der Waals surface area contributed by atoms with Gasteiger partial charge in [-0.25, -0.2) is 9.98 Å². The average molecular weight is 452 g/mol. The van der Waals surface area contributed by atoms with Crippen LogP contribution in [0.2, 0.25) is 5.02 Å². The number of rotatable bonds is 8. The number of allylic oxidation sites excluding steroid dienone is 2. The Morgan fingerprint density at radius 2 is 2.16 bits per heavy atom. The lowest BCUT2D eigenvalue weighted by Gasteiger charge is -2.44. The molecule has 0 bridgehead atoms. The molecule has 8 heteroatoms. The van der Waals surface area contributed by atoms with E-state index in [1.54, 1.807) is 30.5 Å². The SMILES string of the molecule is C=CCC(C=C)=N/C=C(\N=C)N1CCN(C(=Nc2cccc(Cl)c2)NC#N)C(C(C)C)C1. The summed E-state index contributed by atoms with van der Waals surface area (Å²) in [6.07, 6.45) is 7.86. The number of aliphatic imine (C=N–C) groups is 3. The summed E-state index contributed by atoms with van der Waals surface area (Å²) in [7, 11) is 0. The first kappa shape index (κ1) is 24.9. The van der Waals surface area contributed by atoms with Crippen molar-refractivity contribution in [3.63, 3.8) is 0 Å². The van der Waals surface area contributed by atoms with Gasteiger partial charge in [-0.05, 0) is 36.9 Å². The maximum Gasteiger partial charge on any atom is 0.212 e. The van der Waals surface area contributed by atoms with Gasteiger partial charge in [0.25, 0.3) is 0 Å². The maximum absolute atomic E-state index is 9.32. The fourth-order valence-electron chi connectivity index (χ4n) is 3.43. The Balaban J connectivity index is 2.31. The molecule has 7 nitrogen and oxygen atoms in total. The van der Waals surface area contributed by atoms with Crippen LogP contribution in [0.3, 0.4) is 0 Å². The van der Waals surface area contributed by atoms with E-state index in [1.165, 1.54) is 0 Å². The molecule has 0 saturated carbocycles. The van der Waals surface area contributed by atoms with E-state index in [0.717, 1.165) is 5.71 Å². The zero-order chi connectivity index (χ0) is 23.5. The van der Waals surface area contributed by atoms with Crippen LogP contribution >= 0.6 is 11.6 Å². The number of hydrogen-bond donors (Lipinski definition) is 1. The molecule has 168 valence electrons. The molecule has 0 aromatic heterocycles. The molecule has 2 rings (SSSR count). The summed E-state index contributed by atoms with van der Waals surface area (Å²) in [6, 6.07) is 7.33. The summed E-state index contributed by atoms with van der Waals surface area (Å²) in [5.41, 5.74) is 1.50. The van der Waals surface area contributed by atoms with Crippen molar-refractivity contribution in [2.45, 2.75) is 26.3 Å². The number of piperazine rings is 1. The van der Waals surface area contributed by atoms with Crippen LogP contribution in [0.1, 0.15) is 20.3 Å². The van der Waals surface area contributed by atoms with Crippen LogP contribution in [0.5, 0.6) is 0 Å². The highest BCUT2D eigenvalue weighted by molar-refractivity contribution is 6.30. The molecule has 1 heterocycles. The van der Waals surface area contributed by atoms with Crippen LogP contribution < -0.4 is 5.32 Å². The smallest absolute Gasteiger partial charge is 0.212 e. The molecule has 0 amide bonds. The van der Waals surface area contributed by atoms with Crippen molar-refractivity contribution in [3.05, 3.63) is 66.6 Å². The third-order valence-corrected chi connectivity index (χ3v) is 5.33. The third kappa shape index (κ3) is 6.82. The lowest BCUT2D eigenvalue weighted by Crippen LogP contribution is -2.58. The van der Waals surface area contributed by atoms with E-state index in [-0.39, 0.29) is 6.04 Å². The minimum atomic E-state index is 0.0868. The number of nitrogens with one attached hydrogen (secondary N) is 1. The van der Waals surface area contributed by atoms with Crippen LogP contribution in [-0.2, 0) is 0 Å². The summed E-state index contributed by atoms with van der Waals surface area (Å²) < 4.78 is 0. The van der Waals surface area contributed by atoms with Gasteiger partial charge in [-0.15, -0.1) is 6.58 Å². The van der Waals surface area contributed by atoms with Crippen molar-refractivity contribution >= 4 is 35.7 Å². The largest absolute Gasteiger partial charge is 0.352 e. The van der Waals surface area contributed by atoms with Crippen molar-refractivity contribution in [2.75, 3.05) is 19.6 Å². The second kappa shape index (κ2) is 12.5.